The van der Waals surface area contributed by atoms with E-state index in [1.807, 2.05) is 60.0 Å². The Morgan fingerprint density at radius 3 is 2.18 bits per heavy atom. The van der Waals surface area contributed by atoms with Crippen molar-refractivity contribution in [2.24, 2.45) is 0 Å². The molecule has 4 aromatic rings. The lowest BCUT2D eigenvalue weighted by molar-refractivity contribution is -0.384. The zero-order chi connectivity index (χ0) is 23.7. The summed E-state index contributed by atoms with van der Waals surface area (Å²) in [7, 11) is 0. The van der Waals surface area contributed by atoms with Gasteiger partial charge in [0.1, 0.15) is 0 Å². The number of aromatic nitrogens is 3. The number of hydrogen-bond acceptors (Lipinski definition) is 7. The van der Waals surface area contributed by atoms with Gasteiger partial charge in [0.25, 0.3) is 5.69 Å². The third kappa shape index (κ3) is 4.06. The van der Waals surface area contributed by atoms with Crippen molar-refractivity contribution < 1.29 is 9.72 Å². The first kappa shape index (κ1) is 22.2. The molecular weight excluding hydrogens is 470 g/mol. The van der Waals surface area contributed by atoms with Crippen LogP contribution in [0.5, 0.6) is 0 Å². The van der Waals surface area contributed by atoms with Gasteiger partial charge >= 0.3 is 0 Å². The number of benzene rings is 3. The fourth-order valence-corrected chi connectivity index (χ4v) is 5.70. The number of nitrogens with zero attached hydrogens (tertiary/aromatic N) is 5. The molecular formula is C24H19N5O3S2. The minimum atomic E-state index is -0.434. The molecule has 0 unspecified atom stereocenters. The normalized spacial score (nSPS) is 12.2. The monoisotopic (exact) mass is 489 g/mol. The van der Waals surface area contributed by atoms with Crippen molar-refractivity contribution >= 4 is 46.5 Å². The predicted molar refractivity (Wildman–Crippen MR) is 133 cm³/mol. The third-order valence-corrected chi connectivity index (χ3v) is 7.46. The Labute approximate surface area is 204 Å². The molecule has 10 heteroatoms. The number of hydrogen-bond donors (Lipinski definition) is 0. The van der Waals surface area contributed by atoms with Crippen LogP contribution in [-0.2, 0) is 11.3 Å². The molecule has 0 atom stereocenters. The number of carbonyl (C=O) groups excluding carboxylic acids is 1. The van der Waals surface area contributed by atoms with Crippen LogP contribution in [0.25, 0.3) is 11.4 Å². The van der Waals surface area contributed by atoms with Crippen LogP contribution in [0.2, 0.25) is 0 Å². The van der Waals surface area contributed by atoms with E-state index in [9.17, 15) is 14.9 Å². The first-order chi connectivity index (χ1) is 16.6. The lowest BCUT2D eigenvalue weighted by Gasteiger charge is -2.30. The lowest BCUT2D eigenvalue weighted by Crippen LogP contribution is -2.30. The van der Waals surface area contributed by atoms with Crippen molar-refractivity contribution in [2.45, 2.75) is 28.4 Å². The summed E-state index contributed by atoms with van der Waals surface area (Å²) in [6, 6.07) is 22.0. The molecule has 1 aromatic heterocycles. The van der Waals surface area contributed by atoms with Gasteiger partial charge < -0.3 is 4.57 Å². The second kappa shape index (κ2) is 9.32. The zero-order valence-electron chi connectivity index (χ0n) is 18.1. The molecule has 0 radical (unpaired) electrons. The number of anilines is 2. The molecule has 5 rings (SSSR count). The Morgan fingerprint density at radius 1 is 0.971 bits per heavy atom. The maximum atomic E-state index is 13.4. The van der Waals surface area contributed by atoms with Gasteiger partial charge in [-0.25, -0.2) is 0 Å². The number of fused-ring (bicyclic) bond motifs is 2. The van der Waals surface area contributed by atoms with Crippen LogP contribution in [0.3, 0.4) is 0 Å². The number of nitro groups is 1. The van der Waals surface area contributed by atoms with E-state index < -0.39 is 4.92 Å². The highest BCUT2D eigenvalue weighted by Crippen LogP contribution is 2.48. The molecule has 1 amide bonds. The highest BCUT2D eigenvalue weighted by molar-refractivity contribution is 8.00. The number of amides is 1. The Bertz CT molecular complexity index is 1340. The second-order valence-electron chi connectivity index (χ2n) is 7.41. The first-order valence-electron chi connectivity index (χ1n) is 10.6. The fraction of sp³-hybridized carbons (Fsp3) is 0.125. The molecule has 1 aliphatic rings. The van der Waals surface area contributed by atoms with Crippen molar-refractivity contribution in [1.29, 1.82) is 0 Å². The summed E-state index contributed by atoms with van der Waals surface area (Å²) in [5.41, 5.74) is 2.50. The number of nitro benzene ring substituents is 1. The smallest absolute Gasteiger partial charge is 0.269 e. The highest BCUT2D eigenvalue weighted by atomic mass is 32.2. The van der Waals surface area contributed by atoms with Crippen LogP contribution >= 0.6 is 23.5 Å². The largest absolute Gasteiger partial charge is 0.302 e. The van der Waals surface area contributed by atoms with Gasteiger partial charge in [0.15, 0.2) is 11.0 Å². The van der Waals surface area contributed by atoms with E-state index in [0.29, 0.717) is 17.5 Å². The van der Waals surface area contributed by atoms with Crippen LogP contribution in [0, 0.1) is 10.1 Å². The number of non-ortho nitro benzene ring substituents is 1. The molecule has 0 fully saturated rings. The molecule has 0 spiro atoms. The summed E-state index contributed by atoms with van der Waals surface area (Å²) in [5, 5.41) is 20.1. The van der Waals surface area contributed by atoms with Gasteiger partial charge in [-0.1, -0.05) is 47.8 Å². The SMILES string of the molecule is CCn1c(SCC(=O)N2c3ccccc3Sc3ccccc32)nnc1-c1ccc([N+](=O)[O-])cc1. The summed E-state index contributed by atoms with van der Waals surface area (Å²) in [6.07, 6.45) is 0. The minimum Gasteiger partial charge on any atom is -0.302 e. The lowest BCUT2D eigenvalue weighted by atomic mass is 10.2. The summed E-state index contributed by atoms with van der Waals surface area (Å²) in [6.45, 7) is 2.57. The average molecular weight is 490 g/mol. The summed E-state index contributed by atoms with van der Waals surface area (Å²) < 4.78 is 1.91. The van der Waals surface area contributed by atoms with Crippen molar-refractivity contribution in [3.63, 3.8) is 0 Å². The number of thioether (sulfide) groups is 1. The summed E-state index contributed by atoms with van der Waals surface area (Å²) >= 11 is 2.99. The molecule has 0 N–H and O–H groups in total. The van der Waals surface area contributed by atoms with Crippen LogP contribution in [-0.4, -0.2) is 31.3 Å². The zero-order valence-corrected chi connectivity index (χ0v) is 19.8. The van der Waals surface area contributed by atoms with E-state index in [-0.39, 0.29) is 17.3 Å². The quantitative estimate of drug-likeness (QED) is 0.192. The van der Waals surface area contributed by atoms with Gasteiger partial charge in [-0.2, -0.15) is 0 Å². The van der Waals surface area contributed by atoms with Crippen molar-refractivity contribution in [2.75, 3.05) is 10.7 Å². The summed E-state index contributed by atoms with van der Waals surface area (Å²) in [5.74, 6) is 0.747. The van der Waals surface area contributed by atoms with E-state index in [2.05, 4.69) is 10.2 Å². The maximum Gasteiger partial charge on any atom is 0.269 e. The number of rotatable bonds is 6. The van der Waals surface area contributed by atoms with Gasteiger partial charge in [-0.3, -0.25) is 19.8 Å². The molecule has 1 aliphatic heterocycles. The topological polar surface area (TPSA) is 94.2 Å². The number of para-hydroxylation sites is 2. The maximum absolute atomic E-state index is 13.4. The van der Waals surface area contributed by atoms with E-state index in [1.54, 1.807) is 28.8 Å². The van der Waals surface area contributed by atoms with E-state index >= 15 is 0 Å². The molecule has 8 nitrogen and oxygen atoms in total. The van der Waals surface area contributed by atoms with Crippen molar-refractivity contribution in [3.8, 4) is 11.4 Å². The second-order valence-corrected chi connectivity index (χ2v) is 9.44. The van der Waals surface area contributed by atoms with Gasteiger partial charge in [0.2, 0.25) is 5.91 Å². The van der Waals surface area contributed by atoms with E-state index in [4.69, 9.17) is 0 Å². The number of carbonyl (C=O) groups is 1. The summed E-state index contributed by atoms with van der Waals surface area (Å²) in [4.78, 5) is 27.8. The van der Waals surface area contributed by atoms with E-state index in [0.717, 1.165) is 26.7 Å². The molecule has 34 heavy (non-hydrogen) atoms. The molecule has 2 heterocycles. The Kier molecular flexibility index (Phi) is 6.08. The molecule has 170 valence electrons. The Hall–Kier alpha value is -3.63. The Morgan fingerprint density at radius 2 is 1.59 bits per heavy atom. The highest BCUT2D eigenvalue weighted by Gasteiger charge is 2.28. The van der Waals surface area contributed by atoms with Crippen LogP contribution in [0.4, 0.5) is 17.1 Å². The van der Waals surface area contributed by atoms with Crippen LogP contribution in [0.1, 0.15) is 6.92 Å². The average Bonchev–Trinajstić information content (AvgIpc) is 3.28. The Balaban J connectivity index is 1.39. The van der Waals surface area contributed by atoms with Gasteiger partial charge in [0, 0.05) is 34.0 Å². The van der Waals surface area contributed by atoms with Gasteiger partial charge in [-0.05, 0) is 43.3 Å². The van der Waals surface area contributed by atoms with Crippen molar-refractivity contribution in [3.05, 3.63) is 82.9 Å². The first-order valence-corrected chi connectivity index (χ1v) is 12.4. The molecule has 0 aliphatic carbocycles. The van der Waals surface area contributed by atoms with Gasteiger partial charge in [0.05, 0.1) is 22.1 Å². The van der Waals surface area contributed by atoms with E-state index in [1.165, 1.54) is 23.9 Å². The third-order valence-electron chi connectivity index (χ3n) is 5.38. The fourth-order valence-electron chi connectivity index (χ4n) is 3.79. The minimum absolute atomic E-state index is 0.0202. The molecule has 0 saturated carbocycles. The van der Waals surface area contributed by atoms with Crippen molar-refractivity contribution in [1.82, 2.24) is 14.8 Å². The molecule has 0 bridgehead atoms. The standard InChI is InChI=1S/C24H19N5O3S2/c1-2-27-23(16-11-13-17(14-12-16)29(31)32)25-26-24(27)33-15-22(30)28-18-7-3-5-9-20(18)34-21-10-6-4-8-19(21)28/h3-14H,2,15H2,1H3. The molecule has 3 aromatic carbocycles. The predicted octanol–water partition coefficient (Wildman–Crippen LogP) is 5.79. The van der Waals surface area contributed by atoms with Crippen LogP contribution in [0.15, 0.2) is 87.7 Å². The van der Waals surface area contributed by atoms with Crippen LogP contribution < -0.4 is 4.90 Å². The molecule has 0 saturated heterocycles. The van der Waals surface area contributed by atoms with Gasteiger partial charge in [-0.15, -0.1) is 10.2 Å².